The van der Waals surface area contributed by atoms with Gasteiger partial charge in [0.25, 0.3) is 0 Å². The minimum atomic E-state index is 1.02. The number of pyridine rings is 1. The minimum absolute atomic E-state index is 1.02. The third kappa shape index (κ3) is 3.61. The van der Waals surface area contributed by atoms with Gasteiger partial charge in [-0.2, -0.15) is 0 Å². The molecule has 0 radical (unpaired) electrons. The number of benzene rings is 7. The molecule has 7 aromatic carbocycles. The number of hydrogen-bond acceptors (Lipinski definition) is 2. The normalized spacial score (nSPS) is 11.9. The molecular formula is C43H26N2S. The van der Waals surface area contributed by atoms with E-state index in [1.807, 2.05) is 11.3 Å². The van der Waals surface area contributed by atoms with Crippen molar-refractivity contribution in [3.8, 4) is 28.1 Å². The molecule has 3 aromatic heterocycles. The highest BCUT2D eigenvalue weighted by atomic mass is 32.1. The maximum absolute atomic E-state index is 5.33. The third-order valence-corrected chi connectivity index (χ3v) is 10.6. The molecule has 3 heterocycles. The lowest BCUT2D eigenvalue weighted by molar-refractivity contribution is 1.18. The second-order valence-electron chi connectivity index (χ2n) is 11.9. The Morgan fingerprint density at radius 1 is 0.457 bits per heavy atom. The number of rotatable bonds is 3. The fourth-order valence-corrected chi connectivity index (χ4v) is 8.68. The molecular weight excluding hydrogens is 577 g/mol. The summed E-state index contributed by atoms with van der Waals surface area (Å²) in [6, 6.07) is 56.9. The van der Waals surface area contributed by atoms with Gasteiger partial charge in [-0.15, -0.1) is 11.3 Å². The smallest absolute Gasteiger partial charge is 0.0788 e. The van der Waals surface area contributed by atoms with Crippen LogP contribution in [0.5, 0.6) is 0 Å². The highest BCUT2D eigenvalue weighted by molar-refractivity contribution is 7.26. The zero-order valence-corrected chi connectivity index (χ0v) is 25.6. The summed E-state index contributed by atoms with van der Waals surface area (Å²) in [6.07, 6.45) is 0. The Morgan fingerprint density at radius 3 is 1.98 bits per heavy atom. The van der Waals surface area contributed by atoms with Crippen molar-refractivity contribution in [3.05, 3.63) is 158 Å². The molecule has 3 heteroatoms. The average Bonchev–Trinajstić information content (AvgIpc) is 3.68. The predicted molar refractivity (Wildman–Crippen MR) is 197 cm³/mol. The molecule has 46 heavy (non-hydrogen) atoms. The van der Waals surface area contributed by atoms with Gasteiger partial charge in [0.1, 0.15) is 0 Å². The first-order valence-corrected chi connectivity index (χ1v) is 16.5. The fourth-order valence-electron chi connectivity index (χ4n) is 7.44. The molecule has 10 aromatic rings. The van der Waals surface area contributed by atoms with E-state index in [0.29, 0.717) is 0 Å². The Labute approximate surface area is 269 Å². The van der Waals surface area contributed by atoms with Crippen LogP contribution in [0.3, 0.4) is 0 Å². The molecule has 0 fully saturated rings. The van der Waals surface area contributed by atoms with Crippen molar-refractivity contribution in [3.63, 3.8) is 0 Å². The van der Waals surface area contributed by atoms with Gasteiger partial charge in [-0.1, -0.05) is 115 Å². The molecule has 0 aliphatic heterocycles. The number of hydrogen-bond donors (Lipinski definition) is 0. The molecule has 0 unspecified atom stereocenters. The van der Waals surface area contributed by atoms with Crippen LogP contribution in [0.4, 0.5) is 0 Å². The van der Waals surface area contributed by atoms with Crippen LogP contribution in [0.25, 0.3) is 91.7 Å². The monoisotopic (exact) mass is 602 g/mol. The van der Waals surface area contributed by atoms with Gasteiger partial charge < -0.3 is 4.57 Å². The Bertz CT molecular complexity index is 2790. The van der Waals surface area contributed by atoms with E-state index in [2.05, 4.69) is 162 Å². The molecule has 2 nitrogen and oxygen atoms in total. The standard InChI is InChI=1S/C43H26N2S/c1-3-14-27(15-4-1)42-34-26-33(43-41(32-20-9-12-25-38(32)46-43)40(34)30-18-7-10-22-35(30)44-42)29-21-13-24-37-39(29)31-19-8-11-23-36(31)45(37)28-16-5-2-6-17-28/h1-26H. The van der Waals surface area contributed by atoms with E-state index in [1.54, 1.807) is 0 Å². The lowest BCUT2D eigenvalue weighted by atomic mass is 9.91. The summed E-state index contributed by atoms with van der Waals surface area (Å²) in [4.78, 5) is 5.33. The maximum Gasteiger partial charge on any atom is 0.0788 e. The molecule has 214 valence electrons. The lowest BCUT2D eigenvalue weighted by Crippen LogP contribution is -1.93. The average molecular weight is 603 g/mol. The topological polar surface area (TPSA) is 17.8 Å². The fraction of sp³-hybridized carbons (Fsp3) is 0. The number of nitrogens with zero attached hydrogens (tertiary/aromatic N) is 2. The maximum atomic E-state index is 5.33. The largest absolute Gasteiger partial charge is 0.309 e. The highest BCUT2D eigenvalue weighted by Gasteiger charge is 2.22. The Balaban J connectivity index is 1.43. The van der Waals surface area contributed by atoms with Crippen molar-refractivity contribution in [1.29, 1.82) is 0 Å². The van der Waals surface area contributed by atoms with E-state index in [9.17, 15) is 0 Å². The van der Waals surface area contributed by atoms with Crippen LogP contribution in [-0.2, 0) is 0 Å². The zero-order chi connectivity index (χ0) is 30.2. The molecule has 0 aliphatic carbocycles. The van der Waals surface area contributed by atoms with E-state index < -0.39 is 0 Å². The first-order valence-electron chi connectivity index (χ1n) is 15.7. The van der Waals surface area contributed by atoms with Crippen LogP contribution in [0, 0.1) is 0 Å². The Kier molecular flexibility index (Phi) is 5.48. The molecule has 0 atom stereocenters. The van der Waals surface area contributed by atoms with E-state index in [1.165, 1.54) is 75.0 Å². The van der Waals surface area contributed by atoms with E-state index in [0.717, 1.165) is 16.8 Å². The van der Waals surface area contributed by atoms with Gasteiger partial charge in [0.05, 0.1) is 22.2 Å². The van der Waals surface area contributed by atoms with Crippen molar-refractivity contribution in [2.75, 3.05) is 0 Å². The molecule has 0 saturated heterocycles. The Hall–Kier alpha value is -5.77. The van der Waals surface area contributed by atoms with E-state index in [-0.39, 0.29) is 0 Å². The summed E-state index contributed by atoms with van der Waals surface area (Å²) in [6.45, 7) is 0. The van der Waals surface area contributed by atoms with Crippen molar-refractivity contribution in [2.24, 2.45) is 0 Å². The number of fused-ring (bicyclic) bond motifs is 10. The quantitative estimate of drug-likeness (QED) is 0.184. The van der Waals surface area contributed by atoms with Crippen LogP contribution in [0.2, 0.25) is 0 Å². The van der Waals surface area contributed by atoms with Gasteiger partial charge in [0.15, 0.2) is 0 Å². The van der Waals surface area contributed by atoms with Crippen LogP contribution in [-0.4, -0.2) is 9.55 Å². The summed E-state index contributed by atoms with van der Waals surface area (Å²) in [5.41, 5.74) is 9.24. The summed E-state index contributed by atoms with van der Waals surface area (Å²) in [7, 11) is 0. The van der Waals surface area contributed by atoms with Crippen LogP contribution in [0.1, 0.15) is 0 Å². The first kappa shape index (κ1) is 25.5. The molecule has 0 spiro atoms. The number of thiophene rings is 1. The van der Waals surface area contributed by atoms with Gasteiger partial charge in [0, 0.05) is 63.9 Å². The summed E-state index contributed by atoms with van der Waals surface area (Å²) >= 11 is 1.90. The zero-order valence-electron chi connectivity index (χ0n) is 24.8. The second-order valence-corrected chi connectivity index (χ2v) is 12.9. The van der Waals surface area contributed by atoms with Crippen molar-refractivity contribution >= 4 is 75.0 Å². The molecule has 0 saturated carbocycles. The predicted octanol–water partition coefficient (Wildman–Crippen LogP) is 12.2. The van der Waals surface area contributed by atoms with Crippen LogP contribution >= 0.6 is 11.3 Å². The van der Waals surface area contributed by atoms with Crippen molar-refractivity contribution in [1.82, 2.24) is 9.55 Å². The number of aromatic nitrogens is 2. The van der Waals surface area contributed by atoms with Gasteiger partial charge in [-0.3, -0.25) is 0 Å². The molecule has 0 bridgehead atoms. The van der Waals surface area contributed by atoms with Gasteiger partial charge in [0.2, 0.25) is 0 Å². The molecule has 0 amide bonds. The van der Waals surface area contributed by atoms with E-state index >= 15 is 0 Å². The minimum Gasteiger partial charge on any atom is -0.309 e. The molecule has 10 rings (SSSR count). The Morgan fingerprint density at radius 2 is 1.13 bits per heavy atom. The molecule has 0 aliphatic rings. The summed E-state index contributed by atoms with van der Waals surface area (Å²) < 4.78 is 5.02. The lowest BCUT2D eigenvalue weighted by Gasteiger charge is -2.15. The SMILES string of the molecule is c1ccc(-c2nc3ccccc3c3c2cc(-c2cccc4c2c2ccccc2n4-c2ccccc2)c2sc4ccccc4c23)cc1. The van der Waals surface area contributed by atoms with Gasteiger partial charge in [-0.25, -0.2) is 4.98 Å². The van der Waals surface area contributed by atoms with Crippen molar-refractivity contribution in [2.45, 2.75) is 0 Å². The van der Waals surface area contributed by atoms with E-state index in [4.69, 9.17) is 4.98 Å². The summed E-state index contributed by atoms with van der Waals surface area (Å²) in [5, 5.41) is 8.79. The number of para-hydroxylation sites is 3. The highest BCUT2D eigenvalue weighted by Crippen LogP contribution is 2.49. The first-order chi connectivity index (χ1) is 22.8. The van der Waals surface area contributed by atoms with Crippen LogP contribution < -0.4 is 0 Å². The van der Waals surface area contributed by atoms with Crippen molar-refractivity contribution < 1.29 is 0 Å². The van der Waals surface area contributed by atoms with Gasteiger partial charge >= 0.3 is 0 Å². The third-order valence-electron chi connectivity index (χ3n) is 9.36. The van der Waals surface area contributed by atoms with Crippen LogP contribution in [0.15, 0.2) is 158 Å². The molecule has 0 N–H and O–H groups in total. The summed E-state index contributed by atoms with van der Waals surface area (Å²) in [5.74, 6) is 0. The van der Waals surface area contributed by atoms with Gasteiger partial charge in [-0.05, 0) is 48.0 Å². The second kappa shape index (κ2) is 9.87.